The molecule has 0 aromatic heterocycles. The molecule has 2 aromatic carbocycles. The largest absolute Gasteiger partial charge is 0.418 e. The van der Waals surface area contributed by atoms with Crippen molar-refractivity contribution in [2.24, 2.45) is 0 Å². The van der Waals surface area contributed by atoms with E-state index in [1.54, 1.807) is 24.3 Å². The molecule has 0 aliphatic carbocycles. The maximum absolute atomic E-state index is 13.0. The Morgan fingerprint density at radius 3 is 2.21 bits per heavy atom. The van der Waals surface area contributed by atoms with Crippen molar-refractivity contribution < 1.29 is 18.0 Å². The van der Waals surface area contributed by atoms with Crippen LogP contribution in [0.3, 0.4) is 0 Å². The van der Waals surface area contributed by atoms with Crippen molar-refractivity contribution in [2.75, 3.05) is 16.0 Å². The van der Waals surface area contributed by atoms with Gasteiger partial charge in [0.25, 0.3) is 0 Å². The highest BCUT2D eigenvalue weighted by atomic mass is 32.1. The van der Waals surface area contributed by atoms with Gasteiger partial charge in [0.15, 0.2) is 5.11 Å². The average Bonchev–Trinajstić information content (AvgIpc) is 2.46. The van der Waals surface area contributed by atoms with Crippen LogP contribution in [0.4, 0.5) is 30.2 Å². The minimum atomic E-state index is -4.48. The normalized spacial score (nSPS) is 10.8. The van der Waals surface area contributed by atoms with Gasteiger partial charge < -0.3 is 16.0 Å². The minimum Gasteiger partial charge on any atom is -0.332 e. The molecular weight excluding hydrogens is 339 g/mol. The van der Waals surface area contributed by atoms with Crippen LogP contribution in [0.25, 0.3) is 0 Å². The van der Waals surface area contributed by atoms with Crippen LogP contribution < -0.4 is 16.0 Å². The third-order valence-corrected chi connectivity index (χ3v) is 3.13. The zero-order valence-corrected chi connectivity index (χ0v) is 13.4. The Morgan fingerprint density at radius 1 is 0.958 bits per heavy atom. The summed E-state index contributed by atoms with van der Waals surface area (Å²) in [5, 5.41) is 7.94. The van der Waals surface area contributed by atoms with Crippen LogP contribution in [0.2, 0.25) is 0 Å². The molecule has 0 fully saturated rings. The van der Waals surface area contributed by atoms with Gasteiger partial charge in [0.2, 0.25) is 5.91 Å². The smallest absolute Gasteiger partial charge is 0.332 e. The summed E-state index contributed by atoms with van der Waals surface area (Å²) >= 11 is 5.05. The number of benzene rings is 2. The number of alkyl halides is 3. The molecule has 2 aromatic rings. The minimum absolute atomic E-state index is 0.00618. The van der Waals surface area contributed by atoms with Crippen molar-refractivity contribution in [1.82, 2.24) is 0 Å². The van der Waals surface area contributed by atoms with Crippen molar-refractivity contribution in [3.8, 4) is 0 Å². The number of rotatable bonds is 3. The molecule has 1 amide bonds. The number of thiocarbonyl (C=S) groups is 1. The maximum atomic E-state index is 13.0. The van der Waals surface area contributed by atoms with Crippen LogP contribution in [-0.2, 0) is 11.0 Å². The fourth-order valence-corrected chi connectivity index (χ4v) is 2.23. The van der Waals surface area contributed by atoms with Gasteiger partial charge in [0, 0.05) is 18.3 Å². The monoisotopic (exact) mass is 353 g/mol. The van der Waals surface area contributed by atoms with Crippen LogP contribution in [0.1, 0.15) is 12.5 Å². The maximum Gasteiger partial charge on any atom is 0.418 e. The van der Waals surface area contributed by atoms with Gasteiger partial charge in [-0.1, -0.05) is 18.2 Å². The number of amides is 1. The molecule has 0 heterocycles. The van der Waals surface area contributed by atoms with Crippen molar-refractivity contribution in [3.63, 3.8) is 0 Å². The summed E-state index contributed by atoms with van der Waals surface area (Å²) in [5.74, 6) is -0.230. The average molecular weight is 353 g/mol. The van der Waals surface area contributed by atoms with E-state index >= 15 is 0 Å². The first-order valence-corrected chi connectivity index (χ1v) is 7.28. The quantitative estimate of drug-likeness (QED) is 0.713. The van der Waals surface area contributed by atoms with Crippen molar-refractivity contribution in [2.45, 2.75) is 13.1 Å². The molecule has 24 heavy (non-hydrogen) atoms. The Balaban J connectivity index is 2.11. The summed E-state index contributed by atoms with van der Waals surface area (Å²) in [6.07, 6.45) is -4.48. The Bertz CT molecular complexity index is 762. The van der Waals surface area contributed by atoms with Gasteiger partial charge in [-0.25, -0.2) is 0 Å². The second kappa shape index (κ2) is 7.31. The summed E-state index contributed by atoms with van der Waals surface area (Å²) in [6, 6.07) is 11.7. The van der Waals surface area contributed by atoms with E-state index in [9.17, 15) is 18.0 Å². The zero-order chi connectivity index (χ0) is 17.7. The van der Waals surface area contributed by atoms with E-state index in [-0.39, 0.29) is 16.7 Å². The lowest BCUT2D eigenvalue weighted by atomic mass is 10.1. The van der Waals surface area contributed by atoms with Gasteiger partial charge in [0.1, 0.15) is 0 Å². The van der Waals surface area contributed by atoms with Crippen LogP contribution in [-0.4, -0.2) is 11.0 Å². The molecule has 0 saturated heterocycles. The molecule has 0 spiro atoms. The second-order valence-corrected chi connectivity index (χ2v) is 5.29. The molecule has 0 saturated carbocycles. The lowest BCUT2D eigenvalue weighted by Crippen LogP contribution is -2.21. The number of para-hydroxylation sites is 1. The number of carbonyl (C=O) groups is 1. The van der Waals surface area contributed by atoms with Crippen LogP contribution >= 0.6 is 12.2 Å². The Hall–Kier alpha value is -2.61. The van der Waals surface area contributed by atoms with Gasteiger partial charge >= 0.3 is 6.18 Å². The molecule has 2 rings (SSSR count). The number of nitrogens with one attached hydrogen (secondary N) is 3. The molecule has 0 unspecified atom stereocenters. The Morgan fingerprint density at radius 2 is 1.58 bits per heavy atom. The Kier molecular flexibility index (Phi) is 5.40. The predicted octanol–water partition coefficient (Wildman–Crippen LogP) is 4.47. The molecule has 0 radical (unpaired) electrons. The highest BCUT2D eigenvalue weighted by Crippen LogP contribution is 2.34. The van der Waals surface area contributed by atoms with Crippen LogP contribution in [0.15, 0.2) is 48.5 Å². The Labute approximate surface area is 142 Å². The number of carbonyl (C=O) groups excluding carboxylic acids is 1. The van der Waals surface area contributed by atoms with E-state index in [1.807, 2.05) is 0 Å². The molecule has 8 heteroatoms. The van der Waals surface area contributed by atoms with Crippen molar-refractivity contribution >= 4 is 40.3 Å². The molecule has 126 valence electrons. The molecule has 0 aliphatic rings. The van der Waals surface area contributed by atoms with E-state index < -0.39 is 11.7 Å². The molecule has 4 nitrogen and oxygen atoms in total. The molecule has 0 atom stereocenters. The fourth-order valence-electron chi connectivity index (χ4n) is 2.00. The SMILES string of the molecule is CC(=O)Nc1cccc(NC(=S)Nc2ccccc2C(F)(F)F)c1. The van der Waals surface area contributed by atoms with Crippen LogP contribution in [0.5, 0.6) is 0 Å². The van der Waals surface area contributed by atoms with Crippen LogP contribution in [0, 0.1) is 0 Å². The molecular formula is C16H14F3N3OS. The lowest BCUT2D eigenvalue weighted by Gasteiger charge is -2.16. The van der Waals surface area contributed by atoms with E-state index in [2.05, 4.69) is 16.0 Å². The molecule has 0 bridgehead atoms. The summed E-state index contributed by atoms with van der Waals surface area (Å²) in [7, 11) is 0. The zero-order valence-electron chi connectivity index (χ0n) is 12.6. The first-order chi connectivity index (χ1) is 11.3. The number of hydrogen-bond donors (Lipinski definition) is 3. The van der Waals surface area contributed by atoms with Gasteiger partial charge in [-0.05, 0) is 42.5 Å². The summed E-state index contributed by atoms with van der Waals surface area (Å²) in [6.45, 7) is 1.38. The second-order valence-electron chi connectivity index (χ2n) is 4.88. The standard InChI is InChI=1S/C16H14F3N3OS/c1-10(23)20-11-5-4-6-12(9-11)21-15(24)22-14-8-3-2-7-13(14)16(17,18)19/h2-9H,1H3,(H,20,23)(H2,21,22,24). The van der Waals surface area contributed by atoms with E-state index in [4.69, 9.17) is 12.2 Å². The number of halogens is 3. The van der Waals surface area contributed by atoms with E-state index in [1.165, 1.54) is 25.1 Å². The van der Waals surface area contributed by atoms with Gasteiger partial charge in [0.05, 0.1) is 11.3 Å². The summed E-state index contributed by atoms with van der Waals surface area (Å²) in [5.41, 5.74) is 0.135. The fraction of sp³-hybridized carbons (Fsp3) is 0.125. The topological polar surface area (TPSA) is 53.2 Å². The highest BCUT2D eigenvalue weighted by Gasteiger charge is 2.33. The first-order valence-electron chi connectivity index (χ1n) is 6.87. The van der Waals surface area contributed by atoms with E-state index in [0.717, 1.165) is 6.07 Å². The summed E-state index contributed by atoms with van der Waals surface area (Å²) < 4.78 is 38.9. The third-order valence-electron chi connectivity index (χ3n) is 2.92. The van der Waals surface area contributed by atoms with Crippen molar-refractivity contribution in [3.05, 3.63) is 54.1 Å². The lowest BCUT2D eigenvalue weighted by molar-refractivity contribution is -0.136. The third kappa shape index (κ3) is 4.95. The van der Waals surface area contributed by atoms with Crippen molar-refractivity contribution in [1.29, 1.82) is 0 Å². The predicted molar refractivity (Wildman–Crippen MR) is 92.0 cm³/mol. The highest BCUT2D eigenvalue weighted by molar-refractivity contribution is 7.80. The first kappa shape index (κ1) is 17.7. The van der Waals surface area contributed by atoms with Gasteiger partial charge in [-0.3, -0.25) is 4.79 Å². The molecule has 3 N–H and O–H groups in total. The van der Waals surface area contributed by atoms with Gasteiger partial charge in [-0.2, -0.15) is 13.2 Å². The van der Waals surface area contributed by atoms with E-state index in [0.29, 0.717) is 11.4 Å². The van der Waals surface area contributed by atoms with Gasteiger partial charge in [-0.15, -0.1) is 0 Å². The number of anilines is 3. The number of hydrogen-bond acceptors (Lipinski definition) is 2. The summed E-state index contributed by atoms with van der Waals surface area (Å²) in [4.78, 5) is 11.0. The molecule has 0 aliphatic heterocycles.